The van der Waals surface area contributed by atoms with Crippen molar-refractivity contribution in [3.05, 3.63) is 28.3 Å². The van der Waals surface area contributed by atoms with Crippen LogP contribution in [0.4, 0.5) is 5.69 Å². The Labute approximate surface area is 92.2 Å². The van der Waals surface area contributed by atoms with Crippen LogP contribution in [0, 0.1) is 11.3 Å². The van der Waals surface area contributed by atoms with E-state index in [-0.39, 0.29) is 11.4 Å². The molecule has 1 aromatic rings. The summed E-state index contributed by atoms with van der Waals surface area (Å²) in [5, 5.41) is 9.01. The Morgan fingerprint density at radius 1 is 1.67 bits per heavy atom. The molecule has 1 rings (SSSR count). The highest BCUT2D eigenvalue weighted by molar-refractivity contribution is 6.32. The van der Waals surface area contributed by atoms with Crippen molar-refractivity contribution in [2.24, 2.45) is 0 Å². The molecule has 0 saturated heterocycles. The lowest BCUT2D eigenvalue weighted by Gasteiger charge is -2.06. The van der Waals surface area contributed by atoms with E-state index >= 15 is 0 Å². The van der Waals surface area contributed by atoms with E-state index in [1.54, 1.807) is 0 Å². The summed E-state index contributed by atoms with van der Waals surface area (Å²) in [6.07, 6.45) is 0.0359. The number of carbonyl (C=O) groups excluding carboxylic acids is 1. The molecule has 15 heavy (non-hydrogen) atoms. The number of carbonyl (C=O) groups is 1. The number of methoxy groups -OCH3 is 1. The number of ether oxygens (including phenoxy) is 1. The number of halogens is 1. The maximum Gasteiger partial charge on any atom is 0.310 e. The number of benzene rings is 1. The summed E-state index contributed by atoms with van der Waals surface area (Å²) in [5.41, 5.74) is 6.87. The quantitative estimate of drug-likeness (QED) is 0.610. The first kappa shape index (κ1) is 11.3. The average molecular weight is 225 g/mol. The predicted molar refractivity (Wildman–Crippen MR) is 56.3 cm³/mol. The van der Waals surface area contributed by atoms with Crippen LogP contribution in [-0.4, -0.2) is 13.1 Å². The number of anilines is 1. The Bertz CT molecular complexity index is 438. The van der Waals surface area contributed by atoms with E-state index in [4.69, 9.17) is 22.6 Å². The topological polar surface area (TPSA) is 76.1 Å². The first-order valence-corrected chi connectivity index (χ1v) is 4.51. The summed E-state index contributed by atoms with van der Waals surface area (Å²) in [6.45, 7) is 0. The zero-order chi connectivity index (χ0) is 11.4. The Hall–Kier alpha value is -1.73. The molecule has 5 heteroatoms. The number of rotatable bonds is 2. The number of esters is 1. The fourth-order valence-corrected chi connectivity index (χ4v) is 1.31. The van der Waals surface area contributed by atoms with Crippen LogP contribution in [0.25, 0.3) is 0 Å². The zero-order valence-corrected chi connectivity index (χ0v) is 8.84. The summed E-state index contributed by atoms with van der Waals surface area (Å²) < 4.78 is 4.50. The fourth-order valence-electron chi connectivity index (χ4n) is 1.10. The Morgan fingerprint density at radius 2 is 2.33 bits per heavy atom. The van der Waals surface area contributed by atoms with E-state index in [0.29, 0.717) is 16.8 Å². The molecule has 0 aromatic heterocycles. The van der Waals surface area contributed by atoms with E-state index < -0.39 is 5.97 Å². The number of nitrogen functional groups attached to an aromatic ring is 1. The van der Waals surface area contributed by atoms with Gasteiger partial charge in [0.25, 0.3) is 0 Å². The van der Waals surface area contributed by atoms with Crippen molar-refractivity contribution < 1.29 is 9.53 Å². The Morgan fingerprint density at radius 3 is 2.87 bits per heavy atom. The van der Waals surface area contributed by atoms with E-state index in [1.165, 1.54) is 19.2 Å². The minimum absolute atomic E-state index is 0.0359. The predicted octanol–water partition coefficient (Wildman–Crippen LogP) is 1.51. The van der Waals surface area contributed by atoms with Crippen LogP contribution < -0.4 is 5.73 Å². The molecule has 4 nitrogen and oxygen atoms in total. The van der Waals surface area contributed by atoms with Crippen LogP contribution >= 0.6 is 11.6 Å². The van der Waals surface area contributed by atoms with Gasteiger partial charge in [-0.05, 0) is 17.7 Å². The Balaban J connectivity index is 3.09. The summed E-state index contributed by atoms with van der Waals surface area (Å²) in [6, 6.07) is 4.87. The highest BCUT2D eigenvalue weighted by Crippen LogP contribution is 2.23. The van der Waals surface area contributed by atoms with E-state index in [0.717, 1.165) is 0 Å². The lowest BCUT2D eigenvalue weighted by atomic mass is 10.1. The molecule has 0 aliphatic rings. The maximum absolute atomic E-state index is 11.0. The van der Waals surface area contributed by atoms with Crippen LogP contribution in [0.15, 0.2) is 12.1 Å². The van der Waals surface area contributed by atoms with Gasteiger partial charge in [0.15, 0.2) is 0 Å². The maximum atomic E-state index is 11.0. The molecule has 0 unspecified atom stereocenters. The van der Waals surface area contributed by atoms with Gasteiger partial charge >= 0.3 is 5.97 Å². The zero-order valence-electron chi connectivity index (χ0n) is 8.08. The van der Waals surface area contributed by atoms with E-state index in [1.807, 2.05) is 6.07 Å². The van der Waals surface area contributed by atoms with Gasteiger partial charge < -0.3 is 10.5 Å². The third-order valence-corrected chi connectivity index (χ3v) is 2.22. The lowest BCUT2D eigenvalue weighted by Crippen LogP contribution is -2.07. The molecule has 0 atom stereocenters. The molecule has 0 fully saturated rings. The summed E-state index contributed by atoms with van der Waals surface area (Å²) in [4.78, 5) is 11.0. The molecule has 0 bridgehead atoms. The molecule has 78 valence electrons. The second-order valence-corrected chi connectivity index (χ2v) is 3.30. The second-order valence-electron chi connectivity index (χ2n) is 2.90. The van der Waals surface area contributed by atoms with E-state index in [2.05, 4.69) is 4.74 Å². The second kappa shape index (κ2) is 4.67. The van der Waals surface area contributed by atoms with Crippen molar-refractivity contribution >= 4 is 23.3 Å². The van der Waals surface area contributed by atoms with Crippen LogP contribution in [-0.2, 0) is 16.0 Å². The van der Waals surface area contributed by atoms with Crippen LogP contribution in [0.2, 0.25) is 5.02 Å². The van der Waals surface area contributed by atoms with Crippen molar-refractivity contribution in [2.75, 3.05) is 12.8 Å². The van der Waals surface area contributed by atoms with Gasteiger partial charge in [0.1, 0.15) is 6.07 Å². The van der Waals surface area contributed by atoms with Crippen molar-refractivity contribution in [3.8, 4) is 6.07 Å². The molecule has 0 aliphatic heterocycles. The first-order chi connectivity index (χ1) is 7.08. The largest absolute Gasteiger partial charge is 0.469 e. The van der Waals surface area contributed by atoms with Crippen molar-refractivity contribution in [1.29, 1.82) is 5.26 Å². The van der Waals surface area contributed by atoms with Crippen LogP contribution in [0.3, 0.4) is 0 Å². The SMILES string of the molecule is COC(=O)Cc1cc(C#N)c(Cl)cc1N. The molecular formula is C10H9ClN2O2. The van der Waals surface area contributed by atoms with E-state index in [9.17, 15) is 4.79 Å². The molecule has 0 aliphatic carbocycles. The van der Waals surface area contributed by atoms with Crippen molar-refractivity contribution in [2.45, 2.75) is 6.42 Å². The average Bonchev–Trinajstić information content (AvgIpc) is 2.21. The van der Waals surface area contributed by atoms with Gasteiger partial charge in [-0.2, -0.15) is 5.26 Å². The number of nitrogens with zero attached hydrogens (tertiary/aromatic N) is 1. The van der Waals surface area contributed by atoms with Gasteiger partial charge in [0, 0.05) is 5.69 Å². The minimum atomic E-state index is -0.409. The molecular weight excluding hydrogens is 216 g/mol. The molecule has 0 amide bonds. The van der Waals surface area contributed by atoms with Gasteiger partial charge in [-0.1, -0.05) is 11.6 Å². The number of hydrogen-bond acceptors (Lipinski definition) is 4. The highest BCUT2D eigenvalue weighted by atomic mass is 35.5. The summed E-state index contributed by atoms with van der Waals surface area (Å²) in [5.74, 6) is -0.409. The van der Waals surface area contributed by atoms with Crippen LogP contribution in [0.1, 0.15) is 11.1 Å². The van der Waals surface area contributed by atoms with Gasteiger partial charge in [-0.25, -0.2) is 0 Å². The molecule has 0 spiro atoms. The molecule has 2 N–H and O–H groups in total. The normalized spacial score (nSPS) is 9.40. The Kier molecular flexibility index (Phi) is 3.53. The third kappa shape index (κ3) is 2.61. The highest BCUT2D eigenvalue weighted by Gasteiger charge is 2.10. The number of nitriles is 1. The fraction of sp³-hybridized carbons (Fsp3) is 0.200. The van der Waals surface area contributed by atoms with Gasteiger partial charge in [-0.3, -0.25) is 4.79 Å². The molecule has 0 radical (unpaired) electrons. The standard InChI is InChI=1S/C10H9ClN2O2/c1-15-10(14)3-6-2-7(5-12)8(11)4-9(6)13/h2,4H,3,13H2,1H3. The van der Waals surface area contributed by atoms with Gasteiger partial charge in [-0.15, -0.1) is 0 Å². The van der Waals surface area contributed by atoms with Crippen molar-refractivity contribution in [3.63, 3.8) is 0 Å². The van der Waals surface area contributed by atoms with Gasteiger partial charge in [0.2, 0.25) is 0 Å². The van der Waals surface area contributed by atoms with Gasteiger partial charge in [0.05, 0.1) is 24.1 Å². The smallest absolute Gasteiger partial charge is 0.310 e. The third-order valence-electron chi connectivity index (χ3n) is 1.91. The van der Waals surface area contributed by atoms with Crippen LogP contribution in [0.5, 0.6) is 0 Å². The molecule has 1 aromatic carbocycles. The number of hydrogen-bond donors (Lipinski definition) is 1. The monoisotopic (exact) mass is 224 g/mol. The molecule has 0 heterocycles. The van der Waals surface area contributed by atoms with Crippen molar-refractivity contribution in [1.82, 2.24) is 0 Å². The lowest BCUT2D eigenvalue weighted by molar-refractivity contribution is -0.139. The summed E-state index contributed by atoms with van der Waals surface area (Å²) >= 11 is 5.75. The summed E-state index contributed by atoms with van der Waals surface area (Å²) in [7, 11) is 1.29. The first-order valence-electron chi connectivity index (χ1n) is 4.13. The number of nitrogens with two attached hydrogens (primary N) is 1. The molecule has 0 saturated carbocycles. The minimum Gasteiger partial charge on any atom is -0.469 e.